The third-order valence-electron chi connectivity index (χ3n) is 2.24. The lowest BCUT2D eigenvalue weighted by atomic mass is 10.0. The van der Waals surface area contributed by atoms with Gasteiger partial charge in [-0.3, -0.25) is 4.79 Å². The van der Waals surface area contributed by atoms with Crippen LogP contribution < -0.4 is 0 Å². The Morgan fingerprint density at radius 1 is 1.60 bits per heavy atom. The van der Waals surface area contributed by atoms with E-state index in [-0.39, 0.29) is 5.78 Å². The van der Waals surface area contributed by atoms with E-state index in [1.54, 1.807) is 29.2 Å². The fourth-order valence-corrected chi connectivity index (χ4v) is 2.36. The molecular weight excluding hydrogens is 224 g/mol. The molecule has 1 nitrogen and oxygen atoms in total. The third-order valence-corrected chi connectivity index (χ3v) is 3.92. The summed E-state index contributed by atoms with van der Waals surface area (Å²) in [7, 11) is 0. The van der Waals surface area contributed by atoms with E-state index >= 15 is 0 Å². The molecule has 0 saturated carbocycles. The number of carbonyl (C=O) groups is 1. The van der Waals surface area contributed by atoms with Crippen LogP contribution in [0.2, 0.25) is 0 Å². The summed E-state index contributed by atoms with van der Waals surface area (Å²) in [6, 6.07) is 1.87. The highest BCUT2D eigenvalue weighted by Gasteiger charge is 2.14. The molecule has 0 spiro atoms. The second-order valence-corrected chi connectivity index (χ2v) is 5.24. The van der Waals surface area contributed by atoms with Crippen LogP contribution >= 0.6 is 23.1 Å². The normalized spacial score (nSPS) is 12.2. The molecule has 0 fully saturated rings. The van der Waals surface area contributed by atoms with Crippen LogP contribution in [-0.2, 0) is 0 Å². The van der Waals surface area contributed by atoms with Gasteiger partial charge in [0.05, 0.1) is 0 Å². The van der Waals surface area contributed by atoms with Gasteiger partial charge in [-0.15, -0.1) is 23.1 Å². The molecule has 0 atom stereocenters. The molecular formula is C12H14OS2. The summed E-state index contributed by atoms with van der Waals surface area (Å²) in [5, 5.41) is 1.94. The molecule has 0 radical (unpaired) electrons. The Morgan fingerprint density at radius 2 is 2.27 bits per heavy atom. The molecule has 0 unspecified atom stereocenters. The van der Waals surface area contributed by atoms with Crippen LogP contribution in [-0.4, -0.2) is 12.0 Å². The minimum Gasteiger partial charge on any atom is -0.289 e. The third kappa shape index (κ3) is 2.61. The van der Waals surface area contributed by atoms with E-state index in [1.165, 1.54) is 0 Å². The second-order valence-electron chi connectivity index (χ2n) is 3.10. The Kier molecular flexibility index (Phi) is 4.36. The first-order valence-corrected chi connectivity index (χ1v) is 6.68. The Hall–Kier alpha value is -0.800. The van der Waals surface area contributed by atoms with Gasteiger partial charge in [-0.2, -0.15) is 0 Å². The summed E-state index contributed by atoms with van der Waals surface area (Å²) in [6.07, 6.45) is 3.61. The SMILES string of the molecule is C=CC(C(=O)c1ccsc1C)=C(C)SC. The summed E-state index contributed by atoms with van der Waals surface area (Å²) in [4.78, 5) is 14.2. The molecule has 0 aromatic carbocycles. The van der Waals surface area contributed by atoms with Crippen molar-refractivity contribution in [3.63, 3.8) is 0 Å². The fraction of sp³-hybridized carbons (Fsp3) is 0.250. The number of hydrogen-bond acceptors (Lipinski definition) is 3. The molecule has 1 aromatic rings. The van der Waals surface area contributed by atoms with Crippen LogP contribution in [0.4, 0.5) is 0 Å². The van der Waals surface area contributed by atoms with Gasteiger partial charge in [-0.1, -0.05) is 12.7 Å². The number of carbonyl (C=O) groups excluding carboxylic acids is 1. The predicted octanol–water partition coefficient (Wildman–Crippen LogP) is 4.06. The largest absolute Gasteiger partial charge is 0.289 e. The van der Waals surface area contributed by atoms with Crippen LogP contribution in [0.15, 0.2) is 34.6 Å². The van der Waals surface area contributed by atoms with Gasteiger partial charge < -0.3 is 0 Å². The molecule has 0 aliphatic heterocycles. The molecule has 80 valence electrons. The number of ketones is 1. The van der Waals surface area contributed by atoms with Crippen molar-refractivity contribution in [2.24, 2.45) is 0 Å². The highest BCUT2D eigenvalue weighted by atomic mass is 32.2. The molecule has 15 heavy (non-hydrogen) atoms. The average Bonchev–Trinajstić information content (AvgIpc) is 2.65. The lowest BCUT2D eigenvalue weighted by Gasteiger charge is -2.04. The number of aryl methyl sites for hydroxylation is 1. The Labute approximate surface area is 98.9 Å². The number of rotatable bonds is 4. The van der Waals surface area contributed by atoms with E-state index in [9.17, 15) is 4.79 Å². The van der Waals surface area contributed by atoms with Gasteiger partial charge in [0.2, 0.25) is 0 Å². The van der Waals surface area contributed by atoms with Gasteiger partial charge in [0, 0.05) is 16.0 Å². The summed E-state index contributed by atoms with van der Waals surface area (Å²) in [5.41, 5.74) is 1.51. The van der Waals surface area contributed by atoms with Crippen molar-refractivity contribution in [2.75, 3.05) is 6.26 Å². The fourth-order valence-electron chi connectivity index (χ4n) is 1.27. The smallest absolute Gasteiger partial charge is 0.194 e. The van der Waals surface area contributed by atoms with E-state index in [4.69, 9.17) is 0 Å². The van der Waals surface area contributed by atoms with Gasteiger partial charge >= 0.3 is 0 Å². The molecule has 1 aromatic heterocycles. The number of Topliss-reactive ketones (excluding diaryl/α,β-unsaturated/α-hetero) is 1. The van der Waals surface area contributed by atoms with Gasteiger partial charge in [0.15, 0.2) is 5.78 Å². The summed E-state index contributed by atoms with van der Waals surface area (Å²) in [6.45, 7) is 7.61. The molecule has 0 N–H and O–H groups in total. The highest BCUT2D eigenvalue weighted by molar-refractivity contribution is 8.02. The molecule has 0 aliphatic carbocycles. The lowest BCUT2D eigenvalue weighted by Crippen LogP contribution is -2.03. The van der Waals surface area contributed by atoms with Crippen molar-refractivity contribution in [1.82, 2.24) is 0 Å². The summed E-state index contributed by atoms with van der Waals surface area (Å²) in [5.74, 6) is 0.0793. The van der Waals surface area contributed by atoms with E-state index in [0.29, 0.717) is 5.57 Å². The first-order valence-electron chi connectivity index (χ1n) is 4.58. The lowest BCUT2D eigenvalue weighted by molar-refractivity contribution is 0.103. The number of allylic oxidation sites excluding steroid dienone is 3. The Bertz CT molecular complexity index is 413. The molecule has 0 amide bonds. The molecule has 1 heterocycles. The van der Waals surface area contributed by atoms with E-state index in [1.807, 2.05) is 31.5 Å². The zero-order chi connectivity index (χ0) is 11.4. The number of thioether (sulfide) groups is 1. The van der Waals surface area contributed by atoms with Crippen LogP contribution in [0.5, 0.6) is 0 Å². The maximum atomic E-state index is 12.1. The van der Waals surface area contributed by atoms with Crippen LogP contribution in [0.25, 0.3) is 0 Å². The van der Waals surface area contributed by atoms with E-state index in [0.717, 1.165) is 15.3 Å². The number of hydrogen-bond donors (Lipinski definition) is 0. The zero-order valence-electron chi connectivity index (χ0n) is 9.16. The van der Waals surface area contributed by atoms with Crippen molar-refractivity contribution in [1.29, 1.82) is 0 Å². The van der Waals surface area contributed by atoms with Crippen LogP contribution in [0.3, 0.4) is 0 Å². The first kappa shape index (κ1) is 12.3. The van der Waals surface area contributed by atoms with Gasteiger partial charge in [-0.25, -0.2) is 0 Å². The zero-order valence-corrected chi connectivity index (χ0v) is 10.8. The minimum atomic E-state index is 0.0793. The van der Waals surface area contributed by atoms with Crippen molar-refractivity contribution in [2.45, 2.75) is 13.8 Å². The second kappa shape index (κ2) is 5.33. The standard InChI is InChI=1S/C12H14OS2/c1-5-10(8(2)14-4)12(13)11-6-7-15-9(11)3/h5-7H,1H2,2-4H3. The minimum absolute atomic E-state index is 0.0793. The topological polar surface area (TPSA) is 17.1 Å². The van der Waals surface area contributed by atoms with Gasteiger partial charge in [0.25, 0.3) is 0 Å². The maximum absolute atomic E-state index is 12.1. The quantitative estimate of drug-likeness (QED) is 0.447. The Balaban J connectivity index is 3.14. The first-order chi connectivity index (χ1) is 7.11. The van der Waals surface area contributed by atoms with Crippen LogP contribution in [0, 0.1) is 6.92 Å². The Morgan fingerprint density at radius 3 is 2.67 bits per heavy atom. The molecule has 0 bridgehead atoms. The molecule has 0 saturated heterocycles. The van der Waals surface area contributed by atoms with Crippen molar-refractivity contribution < 1.29 is 4.79 Å². The number of thiophene rings is 1. The predicted molar refractivity (Wildman–Crippen MR) is 69.8 cm³/mol. The molecule has 1 rings (SSSR count). The van der Waals surface area contributed by atoms with E-state index in [2.05, 4.69) is 6.58 Å². The van der Waals surface area contributed by atoms with Crippen molar-refractivity contribution >= 4 is 28.9 Å². The maximum Gasteiger partial charge on any atom is 0.194 e. The van der Waals surface area contributed by atoms with E-state index < -0.39 is 0 Å². The summed E-state index contributed by atoms with van der Waals surface area (Å²) < 4.78 is 0. The molecule has 3 heteroatoms. The van der Waals surface area contributed by atoms with Crippen molar-refractivity contribution in [3.05, 3.63) is 45.0 Å². The summed E-state index contributed by atoms with van der Waals surface area (Å²) >= 11 is 3.18. The monoisotopic (exact) mass is 238 g/mol. The average molecular weight is 238 g/mol. The molecule has 0 aliphatic rings. The van der Waals surface area contributed by atoms with Crippen LogP contribution in [0.1, 0.15) is 22.2 Å². The highest BCUT2D eigenvalue weighted by Crippen LogP contribution is 2.24. The van der Waals surface area contributed by atoms with Gasteiger partial charge in [-0.05, 0) is 36.5 Å². The van der Waals surface area contributed by atoms with Crippen molar-refractivity contribution in [3.8, 4) is 0 Å². The van der Waals surface area contributed by atoms with Gasteiger partial charge in [0.1, 0.15) is 0 Å².